The molecule has 88 valence electrons. The van der Waals surface area contributed by atoms with E-state index in [9.17, 15) is 0 Å². The van der Waals surface area contributed by atoms with Gasteiger partial charge in [0.05, 0.1) is 6.61 Å². The van der Waals surface area contributed by atoms with Gasteiger partial charge in [-0.15, -0.1) is 0 Å². The number of rotatable bonds is 3. The van der Waals surface area contributed by atoms with Crippen LogP contribution in [0.25, 0.3) is 0 Å². The zero-order chi connectivity index (χ0) is 11.4. The maximum absolute atomic E-state index is 5.97. The molecule has 0 N–H and O–H groups in total. The van der Waals surface area contributed by atoms with Gasteiger partial charge in [0, 0.05) is 16.5 Å². The van der Waals surface area contributed by atoms with Crippen LogP contribution in [0.3, 0.4) is 0 Å². The molecule has 2 rings (SSSR count). The molecule has 3 heteroatoms. The Bertz CT molecular complexity index is 336. The van der Waals surface area contributed by atoms with Crippen molar-refractivity contribution in [2.24, 2.45) is 5.92 Å². The Kier molecular flexibility index (Phi) is 4.68. The average Bonchev–Trinajstić information content (AvgIpc) is 2.30. The molecule has 1 aliphatic rings. The second-order valence-corrected chi connectivity index (χ2v) is 5.94. The van der Waals surface area contributed by atoms with Crippen LogP contribution in [-0.4, -0.2) is 18.0 Å². The van der Waals surface area contributed by atoms with Crippen molar-refractivity contribution in [1.82, 2.24) is 0 Å². The van der Waals surface area contributed by atoms with E-state index in [1.807, 2.05) is 18.2 Å². The summed E-state index contributed by atoms with van der Waals surface area (Å²) >= 11 is 9.75. The van der Waals surface area contributed by atoms with Crippen LogP contribution in [-0.2, 0) is 11.2 Å². The summed E-state index contributed by atoms with van der Waals surface area (Å²) in [6.07, 6.45) is 3.47. The standard InChI is InChI=1S/C13H16BrClO/c14-13(11-4-2-6-16-9-11)8-10-3-1-5-12(15)7-10/h1,3,5,7,11,13H,2,4,6,8-9H2. The largest absolute Gasteiger partial charge is 0.381 e. The summed E-state index contributed by atoms with van der Waals surface area (Å²) in [5.41, 5.74) is 1.29. The molecule has 1 fully saturated rings. The Hall–Kier alpha value is -0.0500. The predicted octanol–water partition coefficient (Wildman–Crippen LogP) is 4.07. The van der Waals surface area contributed by atoms with Crippen LogP contribution in [0.4, 0.5) is 0 Å². The molecular weight excluding hydrogens is 287 g/mol. The van der Waals surface area contributed by atoms with Gasteiger partial charge in [-0.25, -0.2) is 0 Å². The number of hydrogen-bond donors (Lipinski definition) is 0. The van der Waals surface area contributed by atoms with Gasteiger partial charge in [-0.2, -0.15) is 0 Å². The molecule has 0 radical (unpaired) electrons. The van der Waals surface area contributed by atoms with Crippen LogP contribution in [0, 0.1) is 5.92 Å². The van der Waals surface area contributed by atoms with Crippen molar-refractivity contribution in [3.8, 4) is 0 Å². The van der Waals surface area contributed by atoms with E-state index in [-0.39, 0.29) is 0 Å². The summed E-state index contributed by atoms with van der Waals surface area (Å²) in [5, 5.41) is 0.817. The molecule has 0 aliphatic carbocycles. The van der Waals surface area contributed by atoms with E-state index >= 15 is 0 Å². The maximum atomic E-state index is 5.97. The Labute approximate surface area is 110 Å². The molecule has 2 unspecified atom stereocenters. The molecule has 0 spiro atoms. The Morgan fingerprint density at radius 1 is 1.50 bits per heavy atom. The third-order valence-electron chi connectivity index (χ3n) is 3.03. The van der Waals surface area contributed by atoms with E-state index in [0.717, 1.165) is 24.7 Å². The summed E-state index contributed by atoms with van der Waals surface area (Å²) < 4.78 is 5.51. The molecule has 1 aliphatic heterocycles. The normalized spacial score (nSPS) is 23.0. The lowest BCUT2D eigenvalue weighted by Gasteiger charge is -2.26. The van der Waals surface area contributed by atoms with Crippen LogP contribution < -0.4 is 0 Å². The lowest BCUT2D eigenvalue weighted by molar-refractivity contribution is 0.0547. The van der Waals surface area contributed by atoms with Gasteiger partial charge in [0.15, 0.2) is 0 Å². The number of halogens is 2. The third kappa shape index (κ3) is 3.47. The summed E-state index contributed by atoms with van der Waals surface area (Å²) in [7, 11) is 0. The van der Waals surface area contributed by atoms with Crippen molar-refractivity contribution < 1.29 is 4.74 Å². The lowest BCUT2D eigenvalue weighted by Crippen LogP contribution is -2.26. The molecular formula is C13H16BrClO. The van der Waals surface area contributed by atoms with Gasteiger partial charge in [-0.05, 0) is 42.9 Å². The molecule has 1 saturated heterocycles. The summed E-state index contributed by atoms with van der Waals surface area (Å²) in [6, 6.07) is 8.09. The fourth-order valence-electron chi connectivity index (χ4n) is 2.11. The first kappa shape index (κ1) is 12.4. The van der Waals surface area contributed by atoms with Gasteiger partial charge >= 0.3 is 0 Å². The summed E-state index contributed by atoms with van der Waals surface area (Å²) in [6.45, 7) is 1.81. The molecule has 1 aromatic carbocycles. The van der Waals surface area contributed by atoms with Crippen LogP contribution in [0.5, 0.6) is 0 Å². The first-order valence-corrected chi connectivity index (χ1v) is 7.01. The number of benzene rings is 1. The van der Waals surface area contributed by atoms with Crippen LogP contribution in [0.2, 0.25) is 5.02 Å². The van der Waals surface area contributed by atoms with Crippen molar-refractivity contribution >= 4 is 27.5 Å². The zero-order valence-electron chi connectivity index (χ0n) is 9.16. The Morgan fingerprint density at radius 2 is 2.38 bits per heavy atom. The van der Waals surface area contributed by atoms with E-state index in [4.69, 9.17) is 16.3 Å². The van der Waals surface area contributed by atoms with Crippen LogP contribution in [0.15, 0.2) is 24.3 Å². The molecule has 0 saturated carbocycles. The zero-order valence-corrected chi connectivity index (χ0v) is 11.5. The van der Waals surface area contributed by atoms with E-state index in [1.165, 1.54) is 18.4 Å². The second kappa shape index (κ2) is 6.04. The van der Waals surface area contributed by atoms with Gasteiger partial charge in [0.2, 0.25) is 0 Å². The molecule has 1 nitrogen and oxygen atoms in total. The van der Waals surface area contributed by atoms with Crippen LogP contribution in [0.1, 0.15) is 18.4 Å². The van der Waals surface area contributed by atoms with Gasteiger partial charge in [-0.1, -0.05) is 39.7 Å². The van der Waals surface area contributed by atoms with Gasteiger partial charge in [0.1, 0.15) is 0 Å². The summed E-state index contributed by atoms with van der Waals surface area (Å²) in [5.74, 6) is 0.632. The average molecular weight is 304 g/mol. The van der Waals surface area contributed by atoms with Crippen LogP contribution >= 0.6 is 27.5 Å². The highest BCUT2D eigenvalue weighted by Crippen LogP contribution is 2.26. The van der Waals surface area contributed by atoms with Gasteiger partial charge in [0.25, 0.3) is 0 Å². The highest BCUT2D eigenvalue weighted by molar-refractivity contribution is 9.09. The highest BCUT2D eigenvalue weighted by Gasteiger charge is 2.22. The molecule has 0 amide bonds. The second-order valence-electron chi connectivity index (χ2n) is 4.33. The molecule has 0 bridgehead atoms. The number of alkyl halides is 1. The molecule has 1 aromatic rings. The van der Waals surface area contributed by atoms with E-state index in [1.54, 1.807) is 0 Å². The quantitative estimate of drug-likeness (QED) is 0.765. The van der Waals surface area contributed by atoms with Crippen molar-refractivity contribution in [1.29, 1.82) is 0 Å². The molecule has 16 heavy (non-hydrogen) atoms. The monoisotopic (exact) mass is 302 g/mol. The van der Waals surface area contributed by atoms with Crippen molar-refractivity contribution in [3.05, 3.63) is 34.9 Å². The summed E-state index contributed by atoms with van der Waals surface area (Å²) in [4.78, 5) is 0.492. The fourth-order valence-corrected chi connectivity index (χ4v) is 3.11. The number of ether oxygens (including phenoxy) is 1. The SMILES string of the molecule is Clc1cccc(CC(Br)C2CCCOC2)c1. The predicted molar refractivity (Wildman–Crippen MR) is 71.4 cm³/mol. The molecule has 0 aromatic heterocycles. The van der Waals surface area contributed by atoms with E-state index in [0.29, 0.717) is 10.7 Å². The Balaban J connectivity index is 1.93. The minimum absolute atomic E-state index is 0.492. The number of hydrogen-bond acceptors (Lipinski definition) is 1. The first-order chi connectivity index (χ1) is 7.75. The van der Waals surface area contributed by atoms with Crippen molar-refractivity contribution in [2.75, 3.05) is 13.2 Å². The minimum atomic E-state index is 0.492. The molecule has 2 atom stereocenters. The maximum Gasteiger partial charge on any atom is 0.0505 e. The highest BCUT2D eigenvalue weighted by atomic mass is 79.9. The van der Waals surface area contributed by atoms with Gasteiger partial charge < -0.3 is 4.74 Å². The fraction of sp³-hybridized carbons (Fsp3) is 0.538. The topological polar surface area (TPSA) is 9.23 Å². The third-order valence-corrected chi connectivity index (χ3v) is 4.33. The van der Waals surface area contributed by atoms with E-state index in [2.05, 4.69) is 22.0 Å². The minimum Gasteiger partial charge on any atom is -0.381 e. The van der Waals surface area contributed by atoms with E-state index < -0.39 is 0 Å². The first-order valence-electron chi connectivity index (χ1n) is 5.72. The van der Waals surface area contributed by atoms with Crippen molar-refractivity contribution in [2.45, 2.75) is 24.1 Å². The molecule has 1 heterocycles. The van der Waals surface area contributed by atoms with Gasteiger partial charge in [-0.3, -0.25) is 0 Å². The lowest BCUT2D eigenvalue weighted by atomic mass is 9.94. The Morgan fingerprint density at radius 3 is 3.06 bits per heavy atom. The van der Waals surface area contributed by atoms with Crippen molar-refractivity contribution in [3.63, 3.8) is 0 Å². The smallest absolute Gasteiger partial charge is 0.0505 e.